The molecule has 2 atom stereocenters. The largest absolute Gasteiger partial charge is 0.380 e. The van der Waals surface area contributed by atoms with Gasteiger partial charge in [-0.25, -0.2) is 0 Å². The average molecular weight is 256 g/mol. The standard InChI is InChI=1S/C15H32N2O/c1-12(18-6)15(4,11-16)17(5)13-7-9-14(2,3)10-8-13/h12-13H,7-11,16H2,1-6H3. The van der Waals surface area contributed by atoms with Crippen LogP contribution in [-0.2, 0) is 4.74 Å². The lowest BCUT2D eigenvalue weighted by atomic mass is 9.74. The Kier molecular flexibility index (Phi) is 5.22. The molecule has 2 N–H and O–H groups in total. The molecule has 0 aromatic heterocycles. The molecule has 0 bridgehead atoms. The van der Waals surface area contributed by atoms with Crippen molar-refractivity contribution in [2.24, 2.45) is 11.1 Å². The lowest BCUT2D eigenvalue weighted by molar-refractivity contribution is -0.0493. The van der Waals surface area contributed by atoms with Crippen LogP contribution in [0.15, 0.2) is 0 Å². The maximum atomic E-state index is 6.02. The fourth-order valence-electron chi connectivity index (χ4n) is 3.04. The molecule has 1 aliphatic carbocycles. The molecule has 1 fully saturated rings. The Hall–Kier alpha value is -0.120. The summed E-state index contributed by atoms with van der Waals surface area (Å²) in [4.78, 5) is 2.47. The van der Waals surface area contributed by atoms with Gasteiger partial charge >= 0.3 is 0 Å². The van der Waals surface area contributed by atoms with Gasteiger partial charge in [-0.1, -0.05) is 13.8 Å². The van der Waals surface area contributed by atoms with Crippen molar-refractivity contribution >= 4 is 0 Å². The first-order valence-electron chi connectivity index (χ1n) is 7.22. The molecule has 0 radical (unpaired) electrons. The van der Waals surface area contributed by atoms with Crippen LogP contribution in [-0.4, -0.2) is 43.3 Å². The van der Waals surface area contributed by atoms with Crippen LogP contribution in [0.5, 0.6) is 0 Å². The van der Waals surface area contributed by atoms with E-state index in [1.165, 1.54) is 25.7 Å². The first kappa shape index (κ1) is 15.9. The predicted octanol–water partition coefficient (Wildman–Crippen LogP) is 2.64. The third-order valence-electron chi connectivity index (χ3n) is 5.30. The summed E-state index contributed by atoms with van der Waals surface area (Å²) in [6.07, 6.45) is 5.32. The zero-order chi connectivity index (χ0) is 14.0. The molecule has 0 aromatic rings. The van der Waals surface area contributed by atoms with E-state index in [2.05, 4.69) is 39.6 Å². The van der Waals surface area contributed by atoms with Gasteiger partial charge in [0.05, 0.1) is 11.6 Å². The van der Waals surface area contributed by atoms with Gasteiger partial charge in [0.15, 0.2) is 0 Å². The van der Waals surface area contributed by atoms with Crippen molar-refractivity contribution in [2.45, 2.75) is 71.1 Å². The third kappa shape index (κ3) is 3.25. The fourth-order valence-corrected chi connectivity index (χ4v) is 3.04. The monoisotopic (exact) mass is 256 g/mol. The van der Waals surface area contributed by atoms with E-state index in [1.54, 1.807) is 7.11 Å². The SMILES string of the molecule is COC(C)C(C)(CN)N(C)C1CCC(C)(C)CC1. The average Bonchev–Trinajstić information content (AvgIpc) is 2.36. The number of hydrogen-bond donors (Lipinski definition) is 1. The van der Waals surface area contributed by atoms with Crippen LogP contribution in [0.3, 0.4) is 0 Å². The highest BCUT2D eigenvalue weighted by molar-refractivity contribution is 4.96. The van der Waals surface area contributed by atoms with Gasteiger partial charge in [-0.05, 0) is 52.0 Å². The molecule has 2 unspecified atom stereocenters. The Balaban J connectivity index is 2.71. The van der Waals surface area contributed by atoms with Gasteiger partial charge in [-0.3, -0.25) is 4.90 Å². The lowest BCUT2D eigenvalue weighted by Gasteiger charge is -2.48. The van der Waals surface area contributed by atoms with Crippen molar-refractivity contribution < 1.29 is 4.74 Å². The number of rotatable bonds is 5. The summed E-state index contributed by atoms with van der Waals surface area (Å²) in [7, 11) is 3.99. The van der Waals surface area contributed by atoms with Crippen LogP contribution in [0.2, 0.25) is 0 Å². The molecule has 1 aliphatic rings. The van der Waals surface area contributed by atoms with Gasteiger partial charge < -0.3 is 10.5 Å². The summed E-state index contributed by atoms with van der Waals surface area (Å²) in [6, 6.07) is 0.643. The van der Waals surface area contributed by atoms with E-state index in [1.807, 2.05) is 0 Å². The number of methoxy groups -OCH3 is 1. The molecule has 0 heterocycles. The maximum Gasteiger partial charge on any atom is 0.0736 e. The van der Waals surface area contributed by atoms with Gasteiger partial charge in [0.2, 0.25) is 0 Å². The number of likely N-dealkylation sites (N-methyl/N-ethyl adjacent to an activating group) is 1. The Bertz CT molecular complexity index is 257. The van der Waals surface area contributed by atoms with Crippen molar-refractivity contribution in [1.29, 1.82) is 0 Å². The minimum atomic E-state index is -0.0686. The molecule has 108 valence electrons. The summed E-state index contributed by atoms with van der Waals surface area (Å²) in [6.45, 7) is 9.74. The smallest absolute Gasteiger partial charge is 0.0736 e. The molecule has 1 rings (SSSR count). The van der Waals surface area contributed by atoms with Crippen molar-refractivity contribution in [2.75, 3.05) is 20.7 Å². The highest BCUT2D eigenvalue weighted by atomic mass is 16.5. The molecule has 0 aromatic carbocycles. The van der Waals surface area contributed by atoms with Gasteiger partial charge in [-0.2, -0.15) is 0 Å². The van der Waals surface area contributed by atoms with Crippen LogP contribution in [0.25, 0.3) is 0 Å². The van der Waals surface area contributed by atoms with Crippen LogP contribution in [0, 0.1) is 5.41 Å². The first-order chi connectivity index (χ1) is 8.27. The van der Waals surface area contributed by atoms with Crippen LogP contribution in [0.1, 0.15) is 53.4 Å². The number of nitrogens with two attached hydrogens (primary N) is 1. The first-order valence-corrected chi connectivity index (χ1v) is 7.22. The summed E-state index contributed by atoms with van der Waals surface area (Å²) in [5.74, 6) is 0. The van der Waals surface area contributed by atoms with Crippen molar-refractivity contribution in [3.05, 3.63) is 0 Å². The van der Waals surface area contributed by atoms with Gasteiger partial charge in [0.1, 0.15) is 0 Å². The second-order valence-corrected chi connectivity index (χ2v) is 6.95. The van der Waals surface area contributed by atoms with E-state index >= 15 is 0 Å². The minimum Gasteiger partial charge on any atom is -0.380 e. The molecule has 18 heavy (non-hydrogen) atoms. The second kappa shape index (κ2) is 5.89. The highest BCUT2D eigenvalue weighted by Gasteiger charge is 2.40. The summed E-state index contributed by atoms with van der Waals surface area (Å²) >= 11 is 0. The van der Waals surface area contributed by atoms with Crippen molar-refractivity contribution in [3.8, 4) is 0 Å². The molecule has 1 saturated carbocycles. The maximum absolute atomic E-state index is 6.02. The molecule has 0 spiro atoms. The highest BCUT2D eigenvalue weighted by Crippen LogP contribution is 2.38. The van der Waals surface area contributed by atoms with E-state index in [4.69, 9.17) is 10.5 Å². The molecular weight excluding hydrogens is 224 g/mol. The molecular formula is C15H32N2O. The number of ether oxygens (including phenoxy) is 1. The lowest BCUT2D eigenvalue weighted by Crippen LogP contribution is -2.61. The van der Waals surface area contributed by atoms with Crippen LogP contribution < -0.4 is 5.73 Å². The normalized spacial score (nSPS) is 26.0. The van der Waals surface area contributed by atoms with Gasteiger partial charge in [0.25, 0.3) is 0 Å². The Morgan fingerprint density at radius 3 is 2.28 bits per heavy atom. The molecule has 3 heteroatoms. The van der Waals surface area contributed by atoms with Crippen molar-refractivity contribution in [1.82, 2.24) is 4.90 Å². The number of hydrogen-bond acceptors (Lipinski definition) is 3. The van der Waals surface area contributed by atoms with Crippen LogP contribution >= 0.6 is 0 Å². The molecule has 0 aliphatic heterocycles. The van der Waals surface area contributed by atoms with Crippen LogP contribution in [0.4, 0.5) is 0 Å². The third-order valence-corrected chi connectivity index (χ3v) is 5.30. The van der Waals surface area contributed by atoms with Crippen molar-refractivity contribution in [3.63, 3.8) is 0 Å². The molecule has 3 nitrogen and oxygen atoms in total. The van der Waals surface area contributed by atoms with E-state index in [0.717, 1.165) is 0 Å². The Morgan fingerprint density at radius 1 is 1.39 bits per heavy atom. The molecule has 0 saturated heterocycles. The summed E-state index contributed by atoms with van der Waals surface area (Å²) < 4.78 is 5.54. The number of nitrogens with zero attached hydrogens (tertiary/aromatic N) is 1. The van der Waals surface area contributed by atoms with E-state index in [-0.39, 0.29) is 11.6 Å². The topological polar surface area (TPSA) is 38.5 Å². The minimum absolute atomic E-state index is 0.0686. The van der Waals surface area contributed by atoms with E-state index in [0.29, 0.717) is 18.0 Å². The van der Waals surface area contributed by atoms with Gasteiger partial charge in [0, 0.05) is 19.7 Å². The summed E-state index contributed by atoms with van der Waals surface area (Å²) in [5, 5.41) is 0. The predicted molar refractivity (Wildman–Crippen MR) is 77.7 cm³/mol. The fraction of sp³-hybridized carbons (Fsp3) is 1.00. The zero-order valence-electron chi connectivity index (χ0n) is 13.1. The van der Waals surface area contributed by atoms with Gasteiger partial charge in [-0.15, -0.1) is 0 Å². The summed E-state index contributed by atoms with van der Waals surface area (Å²) in [5.41, 5.74) is 6.47. The Morgan fingerprint density at radius 2 is 1.89 bits per heavy atom. The molecule has 0 amide bonds. The second-order valence-electron chi connectivity index (χ2n) is 6.95. The zero-order valence-corrected chi connectivity index (χ0v) is 13.1. The van der Waals surface area contributed by atoms with E-state index < -0.39 is 0 Å². The quantitative estimate of drug-likeness (QED) is 0.822. The Labute approximate surface area is 113 Å². The van der Waals surface area contributed by atoms with E-state index in [9.17, 15) is 0 Å².